The Labute approximate surface area is 322 Å². The molecule has 3 heteroatoms. The number of rotatable bonds is 6. The van der Waals surface area contributed by atoms with E-state index in [-0.39, 0.29) is 0 Å². The first kappa shape index (κ1) is 31.6. The molecule has 9 aromatic carbocycles. The number of hydrogen-bond acceptors (Lipinski definition) is 3. The summed E-state index contributed by atoms with van der Waals surface area (Å²) in [6.45, 7) is 0. The fourth-order valence-corrected chi connectivity index (χ4v) is 9.54. The molecule has 2 nitrogen and oxygen atoms in total. The van der Waals surface area contributed by atoms with Crippen molar-refractivity contribution in [1.82, 2.24) is 0 Å². The zero-order valence-electron chi connectivity index (χ0n) is 29.8. The van der Waals surface area contributed by atoms with Gasteiger partial charge in [-0.25, -0.2) is 0 Å². The van der Waals surface area contributed by atoms with Gasteiger partial charge in [-0.15, -0.1) is 11.3 Å². The Morgan fingerprint density at radius 3 is 1.89 bits per heavy atom. The van der Waals surface area contributed by atoms with Crippen molar-refractivity contribution in [2.75, 3.05) is 4.90 Å². The predicted octanol–water partition coefficient (Wildman–Crippen LogP) is 15.6. The van der Waals surface area contributed by atoms with Crippen molar-refractivity contribution >= 4 is 81.3 Å². The van der Waals surface area contributed by atoms with Crippen LogP contribution < -0.4 is 4.90 Å². The van der Waals surface area contributed by atoms with Gasteiger partial charge in [0.25, 0.3) is 0 Å². The zero-order valence-corrected chi connectivity index (χ0v) is 30.6. The Balaban J connectivity index is 1.13. The summed E-state index contributed by atoms with van der Waals surface area (Å²) in [5.74, 6) is 0. The minimum atomic E-state index is 0.871. The van der Waals surface area contributed by atoms with Crippen LogP contribution in [-0.2, 0) is 0 Å². The number of para-hydroxylation sites is 2. The number of fused-ring (bicyclic) bond motifs is 7. The van der Waals surface area contributed by atoms with Gasteiger partial charge in [-0.1, -0.05) is 158 Å². The molecule has 0 saturated heterocycles. The van der Waals surface area contributed by atoms with Crippen molar-refractivity contribution in [2.45, 2.75) is 0 Å². The molecule has 0 saturated carbocycles. The molecule has 11 rings (SSSR count). The van der Waals surface area contributed by atoms with Crippen molar-refractivity contribution in [3.63, 3.8) is 0 Å². The van der Waals surface area contributed by atoms with Crippen LogP contribution in [0, 0.1) is 0 Å². The Hall–Kier alpha value is -6.94. The summed E-state index contributed by atoms with van der Waals surface area (Å²) in [6, 6.07) is 72.1. The Morgan fingerprint density at radius 1 is 0.400 bits per heavy atom. The zero-order chi connectivity index (χ0) is 36.3. The quantitative estimate of drug-likeness (QED) is 0.170. The summed E-state index contributed by atoms with van der Waals surface area (Å²) in [5, 5.41) is 7.19. The summed E-state index contributed by atoms with van der Waals surface area (Å²) in [5.41, 5.74) is 12.2. The molecule has 2 aromatic heterocycles. The third-order valence-corrected chi connectivity index (χ3v) is 12.1. The first-order chi connectivity index (χ1) is 27.3. The van der Waals surface area contributed by atoms with E-state index in [1.807, 2.05) is 17.4 Å². The largest absolute Gasteiger partial charge is 0.454 e. The standard InChI is InChI=1S/C52H33NOS/c1-3-13-35(14-4-1)40-20-11-17-37-25-26-38(33-45(37)40)34-27-29-39(30-28-34)53(47-22-12-21-43-42-18-7-9-23-48(42)54-51(43)47)46-32-31-41(36-15-5-2-6-16-36)52-50(46)44-19-8-10-24-49(44)55-52/h1-33H. The summed E-state index contributed by atoms with van der Waals surface area (Å²) >= 11 is 1.86. The molecule has 0 fully saturated rings. The fourth-order valence-electron chi connectivity index (χ4n) is 8.28. The van der Waals surface area contributed by atoms with E-state index in [0.717, 1.165) is 39.0 Å². The van der Waals surface area contributed by atoms with E-state index in [0.29, 0.717) is 0 Å². The molecule has 0 bridgehead atoms. The van der Waals surface area contributed by atoms with Crippen molar-refractivity contribution in [1.29, 1.82) is 0 Å². The minimum Gasteiger partial charge on any atom is -0.454 e. The molecule has 0 N–H and O–H groups in total. The van der Waals surface area contributed by atoms with Crippen LogP contribution in [0.3, 0.4) is 0 Å². The topological polar surface area (TPSA) is 16.4 Å². The van der Waals surface area contributed by atoms with Crippen LogP contribution in [-0.4, -0.2) is 0 Å². The third-order valence-electron chi connectivity index (χ3n) is 10.9. The highest BCUT2D eigenvalue weighted by Gasteiger charge is 2.24. The number of nitrogens with zero attached hydrogens (tertiary/aromatic N) is 1. The highest BCUT2D eigenvalue weighted by molar-refractivity contribution is 7.26. The van der Waals surface area contributed by atoms with Gasteiger partial charge in [0.05, 0.1) is 11.4 Å². The molecule has 0 radical (unpaired) electrons. The van der Waals surface area contributed by atoms with Gasteiger partial charge < -0.3 is 9.32 Å². The van der Waals surface area contributed by atoms with Crippen molar-refractivity contribution in [3.05, 3.63) is 200 Å². The lowest BCUT2D eigenvalue weighted by Crippen LogP contribution is -2.10. The second kappa shape index (κ2) is 12.9. The van der Waals surface area contributed by atoms with Gasteiger partial charge in [-0.3, -0.25) is 0 Å². The second-order valence-electron chi connectivity index (χ2n) is 14.0. The van der Waals surface area contributed by atoms with E-state index in [1.165, 1.54) is 64.3 Å². The van der Waals surface area contributed by atoms with E-state index in [1.54, 1.807) is 0 Å². The van der Waals surface area contributed by atoms with Crippen LogP contribution in [0.1, 0.15) is 0 Å². The summed E-state index contributed by atoms with van der Waals surface area (Å²) in [6.07, 6.45) is 0. The lowest BCUT2D eigenvalue weighted by atomic mass is 9.94. The van der Waals surface area contributed by atoms with Crippen LogP contribution in [0.15, 0.2) is 205 Å². The van der Waals surface area contributed by atoms with Gasteiger partial charge in [0, 0.05) is 36.6 Å². The molecule has 0 unspecified atom stereocenters. The first-order valence-electron chi connectivity index (χ1n) is 18.7. The normalized spacial score (nSPS) is 11.6. The number of furan rings is 1. The Kier molecular flexibility index (Phi) is 7.39. The van der Waals surface area contributed by atoms with Crippen LogP contribution >= 0.6 is 11.3 Å². The summed E-state index contributed by atoms with van der Waals surface area (Å²) in [7, 11) is 0. The predicted molar refractivity (Wildman–Crippen MR) is 235 cm³/mol. The van der Waals surface area contributed by atoms with Gasteiger partial charge in [0.15, 0.2) is 5.58 Å². The highest BCUT2D eigenvalue weighted by Crippen LogP contribution is 2.50. The van der Waals surface area contributed by atoms with E-state index in [4.69, 9.17) is 4.42 Å². The highest BCUT2D eigenvalue weighted by atomic mass is 32.1. The molecule has 0 aliphatic rings. The summed E-state index contributed by atoms with van der Waals surface area (Å²) < 4.78 is 9.27. The maximum atomic E-state index is 6.72. The van der Waals surface area contributed by atoms with E-state index in [9.17, 15) is 0 Å². The van der Waals surface area contributed by atoms with Crippen molar-refractivity contribution in [3.8, 4) is 33.4 Å². The molecule has 0 atom stereocenters. The summed E-state index contributed by atoms with van der Waals surface area (Å²) in [4.78, 5) is 2.40. The minimum absolute atomic E-state index is 0.871. The average molecular weight is 720 g/mol. The van der Waals surface area contributed by atoms with E-state index < -0.39 is 0 Å². The van der Waals surface area contributed by atoms with Gasteiger partial charge in [0.1, 0.15) is 5.58 Å². The lowest BCUT2D eigenvalue weighted by Gasteiger charge is -2.27. The van der Waals surface area contributed by atoms with Crippen LogP contribution in [0.2, 0.25) is 0 Å². The first-order valence-corrected chi connectivity index (χ1v) is 19.5. The van der Waals surface area contributed by atoms with Crippen LogP contribution in [0.5, 0.6) is 0 Å². The Morgan fingerprint density at radius 2 is 1.07 bits per heavy atom. The molecule has 0 aliphatic heterocycles. The average Bonchev–Trinajstić information content (AvgIpc) is 3.84. The number of anilines is 3. The van der Waals surface area contributed by atoms with Gasteiger partial charge >= 0.3 is 0 Å². The van der Waals surface area contributed by atoms with Crippen molar-refractivity contribution < 1.29 is 4.42 Å². The molecular formula is C52H33NOS. The van der Waals surface area contributed by atoms with Crippen LogP contribution in [0.4, 0.5) is 17.1 Å². The molecule has 2 heterocycles. The van der Waals surface area contributed by atoms with Crippen molar-refractivity contribution in [2.24, 2.45) is 0 Å². The molecule has 258 valence electrons. The molecule has 55 heavy (non-hydrogen) atoms. The number of thiophene rings is 1. The molecule has 0 aliphatic carbocycles. The van der Waals surface area contributed by atoms with E-state index >= 15 is 0 Å². The SMILES string of the molecule is c1ccc(-c2cccc3ccc(-c4ccc(N(c5cccc6c5oc5ccccc56)c5ccc(-c6ccccc6)c6sc7ccccc7c56)cc4)cc23)cc1. The maximum Gasteiger partial charge on any atom is 0.159 e. The van der Waals surface area contributed by atoms with Gasteiger partial charge in [-0.2, -0.15) is 0 Å². The molecular weight excluding hydrogens is 687 g/mol. The number of hydrogen-bond donors (Lipinski definition) is 0. The molecule has 11 aromatic rings. The second-order valence-corrected chi connectivity index (χ2v) is 15.1. The molecule has 0 amide bonds. The monoisotopic (exact) mass is 719 g/mol. The van der Waals surface area contributed by atoms with Crippen LogP contribution in [0.25, 0.3) is 86.3 Å². The van der Waals surface area contributed by atoms with E-state index in [2.05, 4.69) is 199 Å². The smallest absolute Gasteiger partial charge is 0.159 e. The van der Waals surface area contributed by atoms with Gasteiger partial charge in [-0.05, 0) is 86.6 Å². The number of benzene rings is 9. The lowest BCUT2D eigenvalue weighted by molar-refractivity contribution is 0.669. The van der Waals surface area contributed by atoms with Gasteiger partial charge in [0.2, 0.25) is 0 Å². The molecule has 0 spiro atoms. The maximum absolute atomic E-state index is 6.72. The fraction of sp³-hybridized carbons (Fsp3) is 0. The Bertz CT molecular complexity index is 3190. The third kappa shape index (κ3) is 5.24.